The molecule has 0 aliphatic carbocycles. The van der Waals surface area contributed by atoms with Crippen LogP contribution in [0.2, 0.25) is 5.02 Å². The summed E-state index contributed by atoms with van der Waals surface area (Å²) in [4.78, 5) is 11.4. The minimum Gasteiger partial charge on any atom is -0.459 e. The van der Waals surface area contributed by atoms with Gasteiger partial charge in [0.2, 0.25) is 10.0 Å². The van der Waals surface area contributed by atoms with Gasteiger partial charge in [0.1, 0.15) is 11.9 Å². The monoisotopic (exact) mass is 323 g/mol. The standard InChI is InChI=1S/C12H15ClFNO4S/c1-6(2)7(3)19-12(16)9-4-8(20(15,17)18)5-10(14)11(9)13/h4-7H,1-3H3,(H2,15,17,18). The summed E-state index contributed by atoms with van der Waals surface area (Å²) in [5.74, 6) is -1.91. The third-order valence-corrected chi connectivity index (χ3v) is 4.06. The van der Waals surface area contributed by atoms with Gasteiger partial charge in [-0.3, -0.25) is 0 Å². The largest absolute Gasteiger partial charge is 0.459 e. The first-order chi connectivity index (χ1) is 9.04. The SMILES string of the molecule is CC(C)C(C)OC(=O)c1cc(S(N)(=O)=O)cc(F)c1Cl. The zero-order valence-corrected chi connectivity index (χ0v) is 12.8. The number of benzene rings is 1. The van der Waals surface area contributed by atoms with Crippen LogP contribution in [-0.4, -0.2) is 20.5 Å². The molecule has 0 bridgehead atoms. The Morgan fingerprint density at radius 3 is 2.35 bits per heavy atom. The molecule has 0 saturated heterocycles. The molecule has 2 N–H and O–H groups in total. The highest BCUT2D eigenvalue weighted by molar-refractivity contribution is 7.89. The van der Waals surface area contributed by atoms with E-state index in [-0.39, 0.29) is 11.5 Å². The average molecular weight is 324 g/mol. The maximum atomic E-state index is 13.6. The Bertz CT molecular complexity index is 631. The van der Waals surface area contributed by atoms with E-state index >= 15 is 0 Å². The van der Waals surface area contributed by atoms with Crippen molar-refractivity contribution >= 4 is 27.6 Å². The van der Waals surface area contributed by atoms with E-state index in [0.717, 1.165) is 6.07 Å². The van der Waals surface area contributed by atoms with Crippen molar-refractivity contribution < 1.29 is 22.3 Å². The lowest BCUT2D eigenvalue weighted by Crippen LogP contribution is -2.21. The first-order valence-corrected chi connectivity index (χ1v) is 7.69. The Morgan fingerprint density at radius 1 is 1.35 bits per heavy atom. The van der Waals surface area contributed by atoms with Crippen molar-refractivity contribution in [1.82, 2.24) is 0 Å². The van der Waals surface area contributed by atoms with Gasteiger partial charge in [0.15, 0.2) is 0 Å². The molecule has 20 heavy (non-hydrogen) atoms. The van der Waals surface area contributed by atoms with Gasteiger partial charge in [0.25, 0.3) is 0 Å². The van der Waals surface area contributed by atoms with Crippen LogP contribution in [0.25, 0.3) is 0 Å². The molecule has 0 radical (unpaired) electrons. The van der Waals surface area contributed by atoms with Gasteiger partial charge < -0.3 is 4.74 Å². The van der Waals surface area contributed by atoms with Crippen LogP contribution in [0, 0.1) is 11.7 Å². The number of nitrogens with two attached hydrogens (primary N) is 1. The highest BCUT2D eigenvalue weighted by Gasteiger charge is 2.23. The Balaban J connectivity index is 3.24. The van der Waals surface area contributed by atoms with Crippen LogP contribution in [0.15, 0.2) is 17.0 Å². The second kappa shape index (κ2) is 6.07. The predicted octanol–water partition coefficient (Wildman–Crippen LogP) is 2.33. The van der Waals surface area contributed by atoms with E-state index < -0.39 is 37.8 Å². The molecule has 1 aromatic rings. The van der Waals surface area contributed by atoms with Crippen LogP contribution in [0.4, 0.5) is 4.39 Å². The zero-order chi connectivity index (χ0) is 15.7. The topological polar surface area (TPSA) is 86.5 Å². The summed E-state index contributed by atoms with van der Waals surface area (Å²) in [5.41, 5.74) is -0.372. The lowest BCUT2D eigenvalue weighted by Gasteiger charge is -2.17. The van der Waals surface area contributed by atoms with Crippen molar-refractivity contribution in [3.8, 4) is 0 Å². The van der Waals surface area contributed by atoms with Gasteiger partial charge in [0, 0.05) is 0 Å². The van der Waals surface area contributed by atoms with Crippen molar-refractivity contribution in [2.24, 2.45) is 11.1 Å². The highest BCUT2D eigenvalue weighted by Crippen LogP contribution is 2.25. The Morgan fingerprint density at radius 2 is 1.90 bits per heavy atom. The molecule has 0 heterocycles. The molecule has 112 valence electrons. The van der Waals surface area contributed by atoms with E-state index in [4.69, 9.17) is 21.5 Å². The fraction of sp³-hybridized carbons (Fsp3) is 0.417. The van der Waals surface area contributed by atoms with E-state index in [1.807, 2.05) is 13.8 Å². The van der Waals surface area contributed by atoms with E-state index in [1.165, 1.54) is 0 Å². The van der Waals surface area contributed by atoms with Gasteiger partial charge in [-0.1, -0.05) is 25.4 Å². The number of carbonyl (C=O) groups excluding carboxylic acids is 1. The van der Waals surface area contributed by atoms with Gasteiger partial charge in [-0.15, -0.1) is 0 Å². The van der Waals surface area contributed by atoms with Crippen LogP contribution in [0.3, 0.4) is 0 Å². The fourth-order valence-corrected chi connectivity index (χ4v) is 1.98. The summed E-state index contributed by atoms with van der Waals surface area (Å²) in [6.45, 7) is 5.33. The predicted molar refractivity (Wildman–Crippen MR) is 72.5 cm³/mol. The number of primary sulfonamides is 1. The molecule has 0 spiro atoms. The number of halogens is 2. The minimum atomic E-state index is -4.15. The summed E-state index contributed by atoms with van der Waals surface area (Å²) in [6.07, 6.45) is -0.431. The number of rotatable bonds is 4. The van der Waals surface area contributed by atoms with Crippen molar-refractivity contribution in [2.45, 2.75) is 31.8 Å². The van der Waals surface area contributed by atoms with E-state index in [2.05, 4.69) is 0 Å². The number of ether oxygens (including phenoxy) is 1. The van der Waals surface area contributed by atoms with Gasteiger partial charge in [0.05, 0.1) is 15.5 Å². The summed E-state index contributed by atoms with van der Waals surface area (Å²) in [6, 6.07) is 1.55. The lowest BCUT2D eigenvalue weighted by molar-refractivity contribution is 0.0237. The molecule has 1 aromatic carbocycles. The quantitative estimate of drug-likeness (QED) is 0.861. The molecular formula is C12H15ClFNO4S. The molecule has 0 aliphatic heterocycles. The molecule has 0 amide bonds. The third kappa shape index (κ3) is 3.91. The third-order valence-electron chi connectivity index (χ3n) is 2.78. The number of sulfonamides is 1. The van der Waals surface area contributed by atoms with Crippen molar-refractivity contribution in [2.75, 3.05) is 0 Å². The molecule has 5 nitrogen and oxygen atoms in total. The van der Waals surface area contributed by atoms with Gasteiger partial charge in [-0.05, 0) is 25.0 Å². The van der Waals surface area contributed by atoms with Crippen molar-refractivity contribution in [3.63, 3.8) is 0 Å². The molecule has 8 heteroatoms. The smallest absolute Gasteiger partial charge is 0.340 e. The number of hydrogen-bond acceptors (Lipinski definition) is 4. The first-order valence-electron chi connectivity index (χ1n) is 5.77. The Labute approximate surface area is 121 Å². The highest BCUT2D eigenvalue weighted by atomic mass is 35.5. The molecular weight excluding hydrogens is 309 g/mol. The summed E-state index contributed by atoms with van der Waals surface area (Å²) < 4.78 is 41.1. The van der Waals surface area contributed by atoms with Crippen LogP contribution in [0.5, 0.6) is 0 Å². The number of esters is 1. The van der Waals surface area contributed by atoms with Crippen molar-refractivity contribution in [1.29, 1.82) is 0 Å². The maximum Gasteiger partial charge on any atom is 0.340 e. The molecule has 0 fully saturated rings. The molecule has 0 aromatic heterocycles. The molecule has 0 saturated carbocycles. The normalized spacial score (nSPS) is 13.3. The average Bonchev–Trinajstić information content (AvgIpc) is 2.30. The Kier molecular flexibility index (Phi) is 5.12. The molecule has 1 rings (SSSR count). The maximum absolute atomic E-state index is 13.6. The van der Waals surface area contributed by atoms with Gasteiger partial charge in [-0.2, -0.15) is 0 Å². The molecule has 1 atom stereocenters. The minimum absolute atomic E-state index is 0.0454. The van der Waals surface area contributed by atoms with E-state index in [0.29, 0.717) is 6.07 Å². The van der Waals surface area contributed by atoms with Gasteiger partial charge >= 0.3 is 5.97 Å². The number of hydrogen-bond donors (Lipinski definition) is 1. The summed E-state index contributed by atoms with van der Waals surface area (Å²) >= 11 is 5.66. The second-order valence-corrected chi connectivity index (χ2v) is 6.61. The fourth-order valence-electron chi connectivity index (χ4n) is 1.25. The first kappa shape index (κ1) is 16.9. The summed E-state index contributed by atoms with van der Waals surface area (Å²) in [5, 5.41) is 4.40. The zero-order valence-electron chi connectivity index (χ0n) is 11.2. The van der Waals surface area contributed by atoms with E-state index in [1.54, 1.807) is 6.92 Å². The van der Waals surface area contributed by atoms with E-state index in [9.17, 15) is 17.6 Å². The van der Waals surface area contributed by atoms with Crippen molar-refractivity contribution in [3.05, 3.63) is 28.5 Å². The number of carbonyl (C=O) groups is 1. The lowest BCUT2D eigenvalue weighted by atomic mass is 10.1. The Hall–Kier alpha value is -1.18. The summed E-state index contributed by atoms with van der Waals surface area (Å²) in [7, 11) is -4.15. The molecule has 1 unspecified atom stereocenters. The van der Waals surface area contributed by atoms with Crippen LogP contribution < -0.4 is 5.14 Å². The second-order valence-electron chi connectivity index (χ2n) is 4.67. The van der Waals surface area contributed by atoms with Crippen LogP contribution >= 0.6 is 11.6 Å². The van der Waals surface area contributed by atoms with Crippen LogP contribution in [0.1, 0.15) is 31.1 Å². The van der Waals surface area contributed by atoms with Crippen LogP contribution in [-0.2, 0) is 14.8 Å². The van der Waals surface area contributed by atoms with Gasteiger partial charge in [-0.25, -0.2) is 22.7 Å². The molecule has 0 aliphatic rings.